The maximum Gasteiger partial charge on any atom is 0.221 e. The first-order chi connectivity index (χ1) is 8.23. The summed E-state index contributed by atoms with van der Waals surface area (Å²) in [5.41, 5.74) is 6.16. The highest BCUT2D eigenvalue weighted by Crippen LogP contribution is 2.28. The van der Waals surface area contributed by atoms with Crippen molar-refractivity contribution in [1.82, 2.24) is 5.32 Å². The number of ether oxygens (including phenoxy) is 1. The van der Waals surface area contributed by atoms with E-state index < -0.39 is 0 Å². The molecule has 1 atom stereocenters. The number of rotatable bonds is 4. The summed E-state index contributed by atoms with van der Waals surface area (Å²) in [6.45, 7) is 10.7. The van der Waals surface area contributed by atoms with E-state index in [4.69, 9.17) is 10.5 Å². The zero-order valence-corrected chi connectivity index (χ0v) is 12.2. The molecule has 18 heavy (non-hydrogen) atoms. The average molecular weight is 256 g/mol. The summed E-state index contributed by atoms with van der Waals surface area (Å²) in [5.74, 6) is 0.0603. The topological polar surface area (TPSA) is 64.4 Å². The van der Waals surface area contributed by atoms with Gasteiger partial charge >= 0.3 is 0 Å². The van der Waals surface area contributed by atoms with Gasteiger partial charge in [0.1, 0.15) is 0 Å². The third-order valence-electron chi connectivity index (χ3n) is 3.93. The molecule has 3 N–H and O–H groups in total. The molecule has 0 saturated carbocycles. The summed E-state index contributed by atoms with van der Waals surface area (Å²) in [6, 6.07) is -0.0972. The molecule has 1 aliphatic rings. The maximum atomic E-state index is 11.9. The highest BCUT2D eigenvalue weighted by molar-refractivity contribution is 5.76. The van der Waals surface area contributed by atoms with Crippen LogP contribution in [0.5, 0.6) is 0 Å². The highest BCUT2D eigenvalue weighted by Gasteiger charge is 2.28. The molecule has 0 bridgehead atoms. The van der Waals surface area contributed by atoms with Crippen LogP contribution in [0.4, 0.5) is 0 Å². The van der Waals surface area contributed by atoms with Gasteiger partial charge in [0.25, 0.3) is 0 Å². The van der Waals surface area contributed by atoms with Crippen molar-refractivity contribution < 1.29 is 9.53 Å². The van der Waals surface area contributed by atoms with Crippen molar-refractivity contribution in [2.45, 2.75) is 53.0 Å². The first kappa shape index (κ1) is 15.4. The van der Waals surface area contributed by atoms with Crippen LogP contribution in [0, 0.1) is 10.8 Å². The summed E-state index contributed by atoms with van der Waals surface area (Å²) in [7, 11) is 0. The Hall–Kier alpha value is -0.610. The minimum Gasteiger partial charge on any atom is -0.381 e. The number of amides is 1. The van der Waals surface area contributed by atoms with Crippen molar-refractivity contribution in [3.05, 3.63) is 0 Å². The van der Waals surface area contributed by atoms with Gasteiger partial charge in [-0.25, -0.2) is 0 Å². The van der Waals surface area contributed by atoms with Crippen molar-refractivity contribution in [2.24, 2.45) is 16.6 Å². The Labute approximate surface area is 111 Å². The zero-order valence-electron chi connectivity index (χ0n) is 12.2. The number of nitrogens with one attached hydrogen (secondary N) is 1. The smallest absolute Gasteiger partial charge is 0.221 e. The molecule has 0 aromatic rings. The van der Waals surface area contributed by atoms with Gasteiger partial charge in [-0.3, -0.25) is 4.79 Å². The van der Waals surface area contributed by atoms with Crippen molar-refractivity contribution in [1.29, 1.82) is 0 Å². The average Bonchev–Trinajstić information content (AvgIpc) is 2.26. The first-order valence-corrected chi connectivity index (χ1v) is 6.83. The van der Waals surface area contributed by atoms with Gasteiger partial charge < -0.3 is 15.8 Å². The van der Waals surface area contributed by atoms with Crippen LogP contribution in [-0.4, -0.2) is 31.7 Å². The normalized spacial score (nSPS) is 21.4. The van der Waals surface area contributed by atoms with Crippen LogP contribution in [0.1, 0.15) is 47.0 Å². The molecule has 1 unspecified atom stereocenters. The summed E-state index contributed by atoms with van der Waals surface area (Å²) in [4.78, 5) is 11.9. The molecule has 1 amide bonds. The predicted octanol–water partition coefficient (Wildman–Crippen LogP) is 1.68. The Morgan fingerprint density at radius 1 is 1.39 bits per heavy atom. The lowest BCUT2D eigenvalue weighted by Gasteiger charge is -2.34. The Kier molecular flexibility index (Phi) is 5.17. The molecule has 0 spiro atoms. The molecule has 0 aromatic carbocycles. The van der Waals surface area contributed by atoms with E-state index in [1.54, 1.807) is 0 Å². The summed E-state index contributed by atoms with van der Waals surface area (Å²) in [6.07, 6.45) is 2.42. The summed E-state index contributed by atoms with van der Waals surface area (Å²) in [5, 5.41) is 3.02. The fourth-order valence-electron chi connectivity index (χ4n) is 1.93. The van der Waals surface area contributed by atoms with Crippen molar-refractivity contribution in [2.75, 3.05) is 19.8 Å². The van der Waals surface area contributed by atoms with Gasteiger partial charge in [-0.15, -0.1) is 0 Å². The van der Waals surface area contributed by atoms with Crippen molar-refractivity contribution >= 4 is 5.91 Å². The molecule has 4 heteroatoms. The summed E-state index contributed by atoms with van der Waals surface area (Å²) >= 11 is 0. The third-order valence-corrected chi connectivity index (χ3v) is 3.93. The van der Waals surface area contributed by atoms with Crippen LogP contribution in [0.3, 0.4) is 0 Å². The SMILES string of the molecule is CC1(CNC(=O)CC(N)C(C)(C)C)CCOCC1. The van der Waals surface area contributed by atoms with Gasteiger partial charge in [0.05, 0.1) is 0 Å². The fourth-order valence-corrected chi connectivity index (χ4v) is 1.93. The van der Waals surface area contributed by atoms with E-state index in [1.165, 1.54) is 0 Å². The number of carbonyl (C=O) groups excluding carboxylic acids is 1. The quantitative estimate of drug-likeness (QED) is 0.804. The Morgan fingerprint density at radius 2 is 1.94 bits per heavy atom. The van der Waals surface area contributed by atoms with Crippen LogP contribution in [-0.2, 0) is 9.53 Å². The van der Waals surface area contributed by atoms with Gasteiger partial charge in [0.2, 0.25) is 5.91 Å². The first-order valence-electron chi connectivity index (χ1n) is 6.83. The molecule has 1 rings (SSSR count). The number of nitrogens with two attached hydrogens (primary N) is 1. The summed E-state index contributed by atoms with van der Waals surface area (Å²) < 4.78 is 5.35. The Morgan fingerprint density at radius 3 is 2.44 bits per heavy atom. The molecule has 1 saturated heterocycles. The lowest BCUT2D eigenvalue weighted by atomic mass is 9.82. The van der Waals surface area contributed by atoms with Crippen LogP contribution in [0.15, 0.2) is 0 Å². The van der Waals surface area contributed by atoms with E-state index in [9.17, 15) is 4.79 Å². The molecular weight excluding hydrogens is 228 g/mol. The minimum atomic E-state index is -0.0972. The van der Waals surface area contributed by atoms with Crippen LogP contribution in [0.2, 0.25) is 0 Å². The number of carbonyl (C=O) groups is 1. The molecule has 0 aliphatic carbocycles. The van der Waals surface area contributed by atoms with E-state index in [-0.39, 0.29) is 22.8 Å². The zero-order chi connectivity index (χ0) is 13.8. The van der Waals surface area contributed by atoms with Crippen molar-refractivity contribution in [3.63, 3.8) is 0 Å². The standard InChI is InChI=1S/C14H28N2O2/c1-13(2,3)11(15)9-12(17)16-10-14(4)5-7-18-8-6-14/h11H,5-10,15H2,1-4H3,(H,16,17). The Bertz CT molecular complexity index is 278. The van der Waals surface area contributed by atoms with Gasteiger partial charge in [-0.2, -0.15) is 0 Å². The molecule has 0 aromatic heterocycles. The monoisotopic (exact) mass is 256 g/mol. The largest absolute Gasteiger partial charge is 0.381 e. The Balaban J connectivity index is 2.32. The molecule has 106 valence electrons. The van der Waals surface area contributed by atoms with Crippen LogP contribution in [0.25, 0.3) is 0 Å². The third kappa shape index (κ3) is 4.94. The van der Waals surface area contributed by atoms with Crippen LogP contribution < -0.4 is 11.1 Å². The lowest BCUT2D eigenvalue weighted by Crippen LogP contribution is -2.43. The second-order valence-corrected chi connectivity index (χ2v) is 6.88. The maximum absolute atomic E-state index is 11.9. The minimum absolute atomic E-state index is 0.0279. The van der Waals surface area contributed by atoms with Gasteiger partial charge in [-0.1, -0.05) is 27.7 Å². The molecule has 0 radical (unpaired) electrons. The molecular formula is C14H28N2O2. The van der Waals surface area contributed by atoms with E-state index in [0.29, 0.717) is 6.42 Å². The molecule has 4 nitrogen and oxygen atoms in total. The second kappa shape index (κ2) is 6.02. The van der Waals surface area contributed by atoms with Gasteiger partial charge in [0, 0.05) is 32.2 Å². The molecule has 1 heterocycles. The highest BCUT2D eigenvalue weighted by atomic mass is 16.5. The number of hydrogen-bond acceptors (Lipinski definition) is 3. The lowest BCUT2D eigenvalue weighted by molar-refractivity contribution is -0.122. The van der Waals surface area contributed by atoms with E-state index >= 15 is 0 Å². The molecule has 1 fully saturated rings. The molecule has 1 aliphatic heterocycles. The second-order valence-electron chi connectivity index (χ2n) is 6.88. The van der Waals surface area contributed by atoms with Gasteiger partial charge in [-0.05, 0) is 23.7 Å². The van der Waals surface area contributed by atoms with E-state index in [1.807, 2.05) is 0 Å². The van der Waals surface area contributed by atoms with E-state index in [0.717, 1.165) is 32.6 Å². The predicted molar refractivity (Wildman–Crippen MR) is 73.2 cm³/mol. The fraction of sp³-hybridized carbons (Fsp3) is 0.929. The van der Waals surface area contributed by atoms with E-state index in [2.05, 4.69) is 33.0 Å². The van der Waals surface area contributed by atoms with Gasteiger partial charge in [0.15, 0.2) is 0 Å². The number of hydrogen-bond donors (Lipinski definition) is 2. The van der Waals surface area contributed by atoms with Crippen LogP contribution >= 0.6 is 0 Å². The van der Waals surface area contributed by atoms with Crippen molar-refractivity contribution in [3.8, 4) is 0 Å².